The Balaban J connectivity index is 2.21. The van der Waals surface area contributed by atoms with Gasteiger partial charge in [-0.15, -0.1) is 0 Å². The van der Waals surface area contributed by atoms with Gasteiger partial charge in [0.15, 0.2) is 0 Å². The van der Waals surface area contributed by atoms with Crippen LogP contribution in [0.3, 0.4) is 0 Å². The zero-order valence-electron chi connectivity index (χ0n) is 8.03. The predicted molar refractivity (Wildman–Crippen MR) is 55.8 cm³/mol. The van der Waals surface area contributed by atoms with Crippen LogP contribution in [-0.2, 0) is 9.59 Å². The Bertz CT molecular complexity index is 300. The van der Waals surface area contributed by atoms with Gasteiger partial charge in [-0.25, -0.2) is 0 Å². The van der Waals surface area contributed by atoms with Gasteiger partial charge in [-0.3, -0.25) is 14.9 Å². The molecule has 0 bridgehead atoms. The number of rotatable bonds is 2. The van der Waals surface area contributed by atoms with Crippen LogP contribution in [0.25, 0.3) is 0 Å². The molecule has 3 unspecified atom stereocenters. The minimum absolute atomic E-state index is 0.0877. The third-order valence-corrected chi connectivity index (χ3v) is 3.98. The largest absolute Gasteiger partial charge is 0.296 e. The number of imide groups is 1. The maximum atomic E-state index is 11.5. The van der Waals surface area contributed by atoms with E-state index in [1.807, 2.05) is 12.2 Å². The molecule has 1 N–H and O–H groups in total. The van der Waals surface area contributed by atoms with Gasteiger partial charge in [-0.05, 0) is 12.2 Å². The summed E-state index contributed by atoms with van der Waals surface area (Å²) in [4.78, 5) is 22.9. The van der Waals surface area contributed by atoms with Crippen LogP contribution >= 0.6 is 11.8 Å². The highest BCUT2D eigenvalue weighted by molar-refractivity contribution is 7.99. The smallest absolute Gasteiger partial charge is 0.234 e. The lowest BCUT2D eigenvalue weighted by Gasteiger charge is -2.25. The van der Waals surface area contributed by atoms with Crippen molar-refractivity contribution >= 4 is 23.6 Å². The molecule has 14 heavy (non-hydrogen) atoms. The molecular weight excluding hydrogens is 198 g/mol. The van der Waals surface area contributed by atoms with Crippen molar-refractivity contribution in [2.24, 2.45) is 11.8 Å². The van der Waals surface area contributed by atoms with Crippen molar-refractivity contribution in [3.8, 4) is 0 Å². The van der Waals surface area contributed by atoms with Gasteiger partial charge >= 0.3 is 0 Å². The van der Waals surface area contributed by atoms with Gasteiger partial charge in [-0.1, -0.05) is 19.1 Å². The summed E-state index contributed by atoms with van der Waals surface area (Å²) >= 11 is 1.77. The molecule has 1 aliphatic carbocycles. The quantitative estimate of drug-likeness (QED) is 0.546. The molecule has 1 fully saturated rings. The molecule has 4 heteroatoms. The maximum absolute atomic E-state index is 11.5. The van der Waals surface area contributed by atoms with Crippen molar-refractivity contribution in [1.82, 2.24) is 5.32 Å². The lowest BCUT2D eigenvalue weighted by atomic mass is 9.85. The molecule has 1 aliphatic heterocycles. The number of hydrogen-bond acceptors (Lipinski definition) is 3. The van der Waals surface area contributed by atoms with Crippen LogP contribution < -0.4 is 5.32 Å². The fourth-order valence-corrected chi connectivity index (χ4v) is 3.29. The Morgan fingerprint density at radius 1 is 1.50 bits per heavy atom. The number of carbonyl (C=O) groups excluding carboxylic acids is 2. The van der Waals surface area contributed by atoms with Crippen molar-refractivity contribution in [3.63, 3.8) is 0 Å². The molecule has 0 aromatic rings. The fourth-order valence-electron chi connectivity index (χ4n) is 2.11. The van der Waals surface area contributed by atoms with Crippen LogP contribution in [0.5, 0.6) is 0 Å². The van der Waals surface area contributed by atoms with Crippen LogP contribution in [0.15, 0.2) is 12.2 Å². The molecule has 0 aromatic heterocycles. The van der Waals surface area contributed by atoms with Gasteiger partial charge in [0.05, 0.1) is 11.8 Å². The molecule has 1 heterocycles. The van der Waals surface area contributed by atoms with Gasteiger partial charge < -0.3 is 0 Å². The summed E-state index contributed by atoms with van der Waals surface area (Å²) in [7, 11) is 0. The molecule has 0 radical (unpaired) electrons. The van der Waals surface area contributed by atoms with Gasteiger partial charge in [0.2, 0.25) is 11.8 Å². The number of carbonyl (C=O) groups is 2. The predicted octanol–water partition coefficient (Wildman–Crippen LogP) is 0.957. The molecule has 0 saturated carbocycles. The summed E-state index contributed by atoms with van der Waals surface area (Å²) in [5, 5.41) is 2.68. The highest BCUT2D eigenvalue weighted by Crippen LogP contribution is 2.36. The molecule has 2 rings (SSSR count). The molecule has 3 nitrogen and oxygen atoms in total. The van der Waals surface area contributed by atoms with E-state index in [2.05, 4.69) is 12.2 Å². The molecule has 2 aliphatic rings. The summed E-state index contributed by atoms with van der Waals surface area (Å²) in [6.07, 6.45) is 4.80. The third kappa shape index (κ3) is 1.47. The minimum Gasteiger partial charge on any atom is -0.296 e. The molecule has 0 aromatic carbocycles. The number of hydrogen-bond donors (Lipinski definition) is 1. The van der Waals surface area contributed by atoms with Gasteiger partial charge in [-0.2, -0.15) is 11.8 Å². The summed E-state index contributed by atoms with van der Waals surface area (Å²) in [5.74, 6) is 0.439. The summed E-state index contributed by atoms with van der Waals surface area (Å²) < 4.78 is 0. The first kappa shape index (κ1) is 9.77. The van der Waals surface area contributed by atoms with Gasteiger partial charge in [0.25, 0.3) is 0 Å². The molecular formula is C10H13NO2S. The van der Waals surface area contributed by atoms with Crippen molar-refractivity contribution in [2.75, 3.05) is 5.75 Å². The molecule has 3 atom stereocenters. The second-order valence-corrected chi connectivity index (χ2v) is 5.08. The number of amides is 2. The molecule has 76 valence electrons. The summed E-state index contributed by atoms with van der Waals surface area (Å²) in [6, 6.07) is 0. The van der Waals surface area contributed by atoms with Crippen LogP contribution in [0.2, 0.25) is 0 Å². The van der Waals surface area contributed by atoms with Gasteiger partial charge in [0.1, 0.15) is 0 Å². The van der Waals surface area contributed by atoms with E-state index in [-0.39, 0.29) is 28.9 Å². The zero-order chi connectivity index (χ0) is 10.1. The first-order valence-corrected chi connectivity index (χ1v) is 5.92. The molecule has 2 amide bonds. The Kier molecular flexibility index (Phi) is 2.63. The Morgan fingerprint density at radius 3 is 3.00 bits per heavy atom. The normalized spacial score (nSPS) is 35.6. The lowest BCUT2D eigenvalue weighted by molar-refractivity contribution is -0.125. The summed E-state index contributed by atoms with van der Waals surface area (Å²) in [6.45, 7) is 2.08. The van der Waals surface area contributed by atoms with Crippen molar-refractivity contribution in [2.45, 2.75) is 18.6 Å². The first-order chi connectivity index (χ1) is 6.74. The second kappa shape index (κ2) is 3.77. The highest BCUT2D eigenvalue weighted by atomic mass is 32.2. The van der Waals surface area contributed by atoms with Crippen molar-refractivity contribution in [3.05, 3.63) is 12.2 Å². The SMILES string of the molecule is CCSC1CC=CC2C(=O)NC(=O)C12. The highest BCUT2D eigenvalue weighted by Gasteiger charge is 2.45. The number of nitrogens with one attached hydrogen (secondary N) is 1. The average molecular weight is 211 g/mol. The minimum atomic E-state index is -0.208. The van der Waals surface area contributed by atoms with E-state index >= 15 is 0 Å². The van der Waals surface area contributed by atoms with E-state index in [1.54, 1.807) is 11.8 Å². The van der Waals surface area contributed by atoms with E-state index < -0.39 is 0 Å². The summed E-state index contributed by atoms with van der Waals surface area (Å²) in [5.41, 5.74) is 0. The maximum Gasteiger partial charge on any atom is 0.234 e. The van der Waals surface area contributed by atoms with Gasteiger partial charge in [0, 0.05) is 5.25 Å². The fraction of sp³-hybridized carbons (Fsp3) is 0.600. The Hall–Kier alpha value is -0.770. The van der Waals surface area contributed by atoms with E-state index in [9.17, 15) is 9.59 Å². The number of allylic oxidation sites excluding steroid dienone is 1. The number of thioether (sulfide) groups is 1. The van der Waals surface area contributed by atoms with Crippen LogP contribution in [-0.4, -0.2) is 22.8 Å². The van der Waals surface area contributed by atoms with Crippen LogP contribution in [0.1, 0.15) is 13.3 Å². The third-order valence-electron chi connectivity index (χ3n) is 2.73. The second-order valence-electron chi connectivity index (χ2n) is 3.56. The zero-order valence-corrected chi connectivity index (χ0v) is 8.84. The van der Waals surface area contributed by atoms with Crippen LogP contribution in [0, 0.1) is 11.8 Å². The number of fused-ring (bicyclic) bond motifs is 1. The first-order valence-electron chi connectivity index (χ1n) is 4.87. The van der Waals surface area contributed by atoms with E-state index in [0.717, 1.165) is 12.2 Å². The van der Waals surface area contributed by atoms with E-state index in [0.29, 0.717) is 0 Å². The average Bonchev–Trinajstić information content (AvgIpc) is 2.44. The Morgan fingerprint density at radius 2 is 2.29 bits per heavy atom. The van der Waals surface area contributed by atoms with E-state index in [1.165, 1.54) is 0 Å². The lowest BCUT2D eigenvalue weighted by Crippen LogP contribution is -2.30. The van der Waals surface area contributed by atoms with Crippen molar-refractivity contribution < 1.29 is 9.59 Å². The van der Waals surface area contributed by atoms with E-state index in [4.69, 9.17) is 0 Å². The molecule has 0 spiro atoms. The monoisotopic (exact) mass is 211 g/mol. The Labute approximate surface area is 87.3 Å². The van der Waals surface area contributed by atoms with Crippen molar-refractivity contribution in [1.29, 1.82) is 0 Å². The molecule has 1 saturated heterocycles. The standard InChI is InChI=1S/C10H13NO2S/c1-2-14-7-5-3-4-6-8(7)10(13)11-9(6)12/h3-4,6-8H,2,5H2,1H3,(H,11,12,13). The van der Waals surface area contributed by atoms with Crippen LogP contribution in [0.4, 0.5) is 0 Å². The topological polar surface area (TPSA) is 46.2 Å².